The van der Waals surface area contributed by atoms with Crippen molar-refractivity contribution in [3.8, 4) is 0 Å². The van der Waals surface area contributed by atoms with Gasteiger partial charge in [-0.1, -0.05) is 11.3 Å². The van der Waals surface area contributed by atoms with E-state index in [4.69, 9.17) is 9.15 Å². The molecule has 11 heteroatoms. The van der Waals surface area contributed by atoms with E-state index in [1.807, 2.05) is 0 Å². The number of hydrogen-bond acceptors (Lipinski definition) is 6. The summed E-state index contributed by atoms with van der Waals surface area (Å²) in [6.45, 7) is 0.375. The summed E-state index contributed by atoms with van der Waals surface area (Å²) in [5, 5.41) is 10.6. The smallest absolute Gasteiger partial charge is 0.395 e. The zero-order valence-electron chi connectivity index (χ0n) is 13.3. The number of carbonyl (C=O) groups excluding carboxylic acids is 1. The predicted octanol–water partition coefficient (Wildman–Crippen LogP) is 2.87. The average Bonchev–Trinajstić information content (AvgIpc) is 3.18. The quantitative estimate of drug-likeness (QED) is 0.498. The summed E-state index contributed by atoms with van der Waals surface area (Å²) in [5.41, 5.74) is 0.0884. The van der Waals surface area contributed by atoms with E-state index in [0.717, 1.165) is 35.6 Å². The molecule has 3 rings (SSSR count). The van der Waals surface area contributed by atoms with Crippen molar-refractivity contribution in [2.75, 3.05) is 13.7 Å². The normalized spacial score (nSPS) is 12.0. The fourth-order valence-electron chi connectivity index (χ4n) is 2.29. The lowest BCUT2D eigenvalue weighted by Gasteiger charge is -2.04. The number of halogens is 2. The maximum absolute atomic E-state index is 14.2. The number of nitrogens with zero attached hydrogens (tertiary/aromatic N) is 3. The minimum atomic E-state index is -0.878. The second-order valence-corrected chi connectivity index (χ2v) is 6.08. The van der Waals surface area contributed by atoms with Crippen LogP contribution in [0.3, 0.4) is 0 Å². The van der Waals surface area contributed by atoms with Gasteiger partial charge in [-0.3, -0.25) is 14.9 Å². The van der Waals surface area contributed by atoms with Gasteiger partial charge in [-0.2, -0.15) is 4.99 Å². The molecule has 0 saturated carbocycles. The van der Waals surface area contributed by atoms with E-state index >= 15 is 0 Å². The Balaban J connectivity index is 2.12. The van der Waals surface area contributed by atoms with Crippen LogP contribution in [0.5, 0.6) is 0 Å². The first-order valence-corrected chi connectivity index (χ1v) is 8.03. The number of amides is 1. The summed E-state index contributed by atoms with van der Waals surface area (Å²) in [6, 6.07) is 4.02. The number of nitro groups is 1. The van der Waals surface area contributed by atoms with Crippen molar-refractivity contribution in [3.05, 3.63) is 56.6 Å². The lowest BCUT2D eigenvalue weighted by molar-refractivity contribution is -0.402. The third kappa shape index (κ3) is 3.39. The van der Waals surface area contributed by atoms with Crippen LogP contribution in [0.25, 0.3) is 10.2 Å². The largest absolute Gasteiger partial charge is 0.433 e. The third-order valence-corrected chi connectivity index (χ3v) is 4.42. The van der Waals surface area contributed by atoms with Gasteiger partial charge >= 0.3 is 11.8 Å². The Morgan fingerprint density at radius 2 is 2.19 bits per heavy atom. The van der Waals surface area contributed by atoms with Crippen LogP contribution < -0.4 is 4.80 Å². The molecule has 0 radical (unpaired) electrons. The van der Waals surface area contributed by atoms with Crippen molar-refractivity contribution < 1.29 is 27.7 Å². The number of methoxy groups -OCH3 is 1. The number of benzene rings is 1. The SMILES string of the molecule is COCCn1c(=NC(=O)c2ccc([N+](=O)[O-])o2)sc2cc(F)cc(F)c21. The maximum Gasteiger partial charge on any atom is 0.433 e. The molecule has 0 fully saturated rings. The van der Waals surface area contributed by atoms with Crippen LogP contribution in [0.1, 0.15) is 10.6 Å². The lowest BCUT2D eigenvalue weighted by atomic mass is 10.3. The van der Waals surface area contributed by atoms with Crippen molar-refractivity contribution in [3.63, 3.8) is 0 Å². The van der Waals surface area contributed by atoms with E-state index in [1.165, 1.54) is 11.7 Å². The standard InChI is InChI=1S/C15H11F2N3O5S/c1-24-5-4-19-13-9(17)6-8(16)7-11(13)26-15(19)18-14(21)10-2-3-12(25-10)20(22)23/h2-3,6-7H,4-5H2,1H3. The number of fused-ring (bicyclic) bond motifs is 1. The Kier molecular flexibility index (Phi) is 4.91. The summed E-state index contributed by atoms with van der Waals surface area (Å²) in [4.78, 5) is 26.0. The molecule has 0 aliphatic rings. The molecule has 0 aliphatic heterocycles. The molecule has 0 atom stereocenters. The van der Waals surface area contributed by atoms with E-state index in [1.54, 1.807) is 0 Å². The summed E-state index contributed by atoms with van der Waals surface area (Å²) in [7, 11) is 1.45. The first-order chi connectivity index (χ1) is 12.4. The zero-order valence-corrected chi connectivity index (χ0v) is 14.1. The summed E-state index contributed by atoms with van der Waals surface area (Å²) >= 11 is 0.903. The molecule has 0 saturated heterocycles. The molecule has 0 unspecified atom stereocenters. The molecule has 1 aromatic carbocycles. The molecule has 0 aliphatic carbocycles. The van der Waals surface area contributed by atoms with Crippen LogP contribution in [-0.4, -0.2) is 29.1 Å². The zero-order chi connectivity index (χ0) is 18.8. The molecule has 136 valence electrons. The summed E-state index contributed by atoms with van der Waals surface area (Å²) in [5.74, 6) is -3.36. The fraction of sp³-hybridized carbons (Fsp3) is 0.200. The Bertz CT molecular complexity index is 1070. The van der Waals surface area contributed by atoms with Gasteiger partial charge in [0.05, 0.1) is 22.9 Å². The molecule has 2 aromatic heterocycles. The van der Waals surface area contributed by atoms with Gasteiger partial charge in [0.25, 0.3) is 0 Å². The highest BCUT2D eigenvalue weighted by atomic mass is 32.1. The van der Waals surface area contributed by atoms with Gasteiger partial charge in [0.15, 0.2) is 10.6 Å². The number of thiazole rings is 1. The van der Waals surface area contributed by atoms with Crippen molar-refractivity contribution >= 4 is 33.3 Å². The van der Waals surface area contributed by atoms with E-state index in [2.05, 4.69) is 4.99 Å². The Hall–Kier alpha value is -2.92. The third-order valence-electron chi connectivity index (χ3n) is 3.39. The number of furan rings is 1. The molecule has 1 amide bonds. The first kappa shape index (κ1) is 17.9. The first-order valence-electron chi connectivity index (χ1n) is 7.21. The van der Waals surface area contributed by atoms with Gasteiger partial charge in [0.2, 0.25) is 5.76 Å². The second-order valence-electron chi connectivity index (χ2n) is 5.08. The number of carbonyl (C=O) groups is 1. The van der Waals surface area contributed by atoms with E-state index < -0.39 is 28.3 Å². The van der Waals surface area contributed by atoms with Gasteiger partial charge in [-0.05, 0) is 12.1 Å². The molecule has 3 aromatic rings. The Morgan fingerprint density at radius 1 is 1.42 bits per heavy atom. The minimum Gasteiger partial charge on any atom is -0.395 e. The molecule has 0 spiro atoms. The predicted molar refractivity (Wildman–Crippen MR) is 86.9 cm³/mol. The lowest BCUT2D eigenvalue weighted by Crippen LogP contribution is -2.19. The number of rotatable bonds is 5. The van der Waals surface area contributed by atoms with Crippen LogP contribution >= 0.6 is 11.3 Å². The topological polar surface area (TPSA) is 99.9 Å². The van der Waals surface area contributed by atoms with Crippen molar-refractivity contribution in [1.82, 2.24) is 4.57 Å². The van der Waals surface area contributed by atoms with Gasteiger partial charge in [0.1, 0.15) is 10.7 Å². The van der Waals surface area contributed by atoms with Gasteiger partial charge < -0.3 is 13.7 Å². The van der Waals surface area contributed by atoms with Crippen LogP contribution in [0.15, 0.2) is 33.7 Å². The van der Waals surface area contributed by atoms with Crippen LogP contribution in [0.4, 0.5) is 14.7 Å². The molecule has 0 N–H and O–H groups in total. The summed E-state index contributed by atoms with van der Waals surface area (Å²) in [6.07, 6.45) is 0. The number of ether oxygens (including phenoxy) is 1. The highest BCUT2D eigenvalue weighted by Gasteiger charge is 2.18. The van der Waals surface area contributed by atoms with Gasteiger partial charge in [-0.25, -0.2) is 8.78 Å². The monoisotopic (exact) mass is 383 g/mol. The molecular weight excluding hydrogens is 372 g/mol. The molecule has 0 bridgehead atoms. The fourth-order valence-corrected chi connectivity index (χ4v) is 3.38. The Labute approximate surface area is 148 Å². The van der Waals surface area contributed by atoms with Crippen LogP contribution in [0, 0.1) is 21.7 Å². The molecule has 2 heterocycles. The molecular formula is C15H11F2N3O5S. The van der Waals surface area contributed by atoms with Crippen molar-refractivity contribution in [2.24, 2.45) is 4.99 Å². The van der Waals surface area contributed by atoms with Crippen LogP contribution in [-0.2, 0) is 11.3 Å². The van der Waals surface area contributed by atoms with E-state index in [9.17, 15) is 23.7 Å². The molecule has 26 heavy (non-hydrogen) atoms. The summed E-state index contributed by atoms with van der Waals surface area (Å²) < 4.78 is 39.1. The van der Waals surface area contributed by atoms with Crippen molar-refractivity contribution in [1.29, 1.82) is 0 Å². The van der Waals surface area contributed by atoms with Crippen LogP contribution in [0.2, 0.25) is 0 Å². The highest BCUT2D eigenvalue weighted by molar-refractivity contribution is 7.16. The van der Waals surface area contributed by atoms with E-state index in [-0.39, 0.29) is 33.9 Å². The molecule has 8 nitrogen and oxygen atoms in total. The van der Waals surface area contributed by atoms with Gasteiger partial charge in [-0.15, -0.1) is 0 Å². The number of aromatic nitrogens is 1. The van der Waals surface area contributed by atoms with Gasteiger partial charge in [0, 0.05) is 19.7 Å². The highest BCUT2D eigenvalue weighted by Crippen LogP contribution is 2.23. The average molecular weight is 383 g/mol. The van der Waals surface area contributed by atoms with Crippen molar-refractivity contribution in [2.45, 2.75) is 6.54 Å². The maximum atomic E-state index is 14.2. The Morgan fingerprint density at radius 3 is 2.85 bits per heavy atom. The second kappa shape index (κ2) is 7.14. The number of hydrogen-bond donors (Lipinski definition) is 0. The minimum absolute atomic E-state index is 0.0884. The van der Waals surface area contributed by atoms with E-state index in [0.29, 0.717) is 0 Å².